The fraction of sp³-hybridized carbons (Fsp3) is 0.450. The quantitative estimate of drug-likeness (QED) is 0.132. The van der Waals surface area contributed by atoms with Crippen molar-refractivity contribution in [1.29, 1.82) is 0 Å². The Hall–Kier alpha value is -2.97. The molecule has 34 heavy (non-hydrogen) atoms. The number of phenols is 1. The molecular weight excluding hydrogens is 488 g/mol. The fourth-order valence-corrected chi connectivity index (χ4v) is 3.13. The van der Waals surface area contributed by atoms with Gasteiger partial charge < -0.3 is 37.0 Å². The molecule has 0 aromatic heterocycles. The number of carboxylic acids is 2. The van der Waals surface area contributed by atoms with E-state index >= 15 is 0 Å². The standard InChI is InChI=1S/C20H28N4O8S2/c21-12(8-33)17(28)24-15(9-34)19(30)22-13(5-6-16(26)27)18(29)23-14(20(31)32)7-10-1-3-11(25)4-2-10/h1-4,12-15,25,33-34H,5-9,21H2,(H,22,30)(H,23,29)(H,24,28)(H,26,27)(H,31,32). The van der Waals surface area contributed by atoms with Crippen molar-refractivity contribution in [2.75, 3.05) is 11.5 Å². The van der Waals surface area contributed by atoms with Crippen molar-refractivity contribution in [2.45, 2.75) is 43.4 Å². The van der Waals surface area contributed by atoms with E-state index in [2.05, 4.69) is 41.2 Å². The molecule has 8 N–H and O–H groups in total. The van der Waals surface area contributed by atoms with E-state index in [1.54, 1.807) is 0 Å². The molecule has 0 radical (unpaired) electrons. The molecule has 0 saturated carbocycles. The first-order chi connectivity index (χ1) is 16.0. The maximum Gasteiger partial charge on any atom is 0.326 e. The third kappa shape index (κ3) is 9.89. The minimum absolute atomic E-state index is 0.0164. The summed E-state index contributed by atoms with van der Waals surface area (Å²) in [6, 6.07) is 0.718. The van der Waals surface area contributed by atoms with Crippen LogP contribution in [0.25, 0.3) is 0 Å². The Kier molecular flexibility index (Phi) is 12.2. The van der Waals surface area contributed by atoms with Gasteiger partial charge in [-0.15, -0.1) is 0 Å². The minimum atomic E-state index is -1.40. The zero-order valence-electron chi connectivity index (χ0n) is 18.0. The molecule has 12 nitrogen and oxygen atoms in total. The summed E-state index contributed by atoms with van der Waals surface area (Å²) in [5.41, 5.74) is 6.07. The lowest BCUT2D eigenvalue weighted by atomic mass is 10.0. The third-order valence-corrected chi connectivity index (χ3v) is 5.38. The van der Waals surface area contributed by atoms with E-state index in [4.69, 9.17) is 10.8 Å². The van der Waals surface area contributed by atoms with Crippen molar-refractivity contribution in [2.24, 2.45) is 5.73 Å². The van der Waals surface area contributed by atoms with Crippen LogP contribution in [-0.4, -0.2) is 80.7 Å². The second-order valence-corrected chi connectivity index (χ2v) is 8.03. The van der Waals surface area contributed by atoms with Gasteiger partial charge in [-0.2, -0.15) is 25.3 Å². The van der Waals surface area contributed by atoms with Crippen LogP contribution in [0.4, 0.5) is 0 Å². The Morgan fingerprint density at radius 2 is 1.35 bits per heavy atom. The summed E-state index contributed by atoms with van der Waals surface area (Å²) in [5.74, 6) is -5.15. The molecule has 1 rings (SSSR count). The average molecular weight is 517 g/mol. The van der Waals surface area contributed by atoms with Gasteiger partial charge in [0.25, 0.3) is 0 Å². The number of carbonyl (C=O) groups excluding carboxylic acids is 3. The van der Waals surface area contributed by atoms with Gasteiger partial charge in [0.05, 0.1) is 6.04 Å². The van der Waals surface area contributed by atoms with Gasteiger partial charge in [-0.05, 0) is 24.1 Å². The number of hydrogen-bond donors (Lipinski definition) is 9. The minimum Gasteiger partial charge on any atom is -0.508 e. The molecule has 0 spiro atoms. The smallest absolute Gasteiger partial charge is 0.326 e. The maximum atomic E-state index is 12.8. The zero-order chi connectivity index (χ0) is 25.8. The van der Waals surface area contributed by atoms with Gasteiger partial charge in [-0.1, -0.05) is 12.1 Å². The lowest BCUT2D eigenvalue weighted by molar-refractivity contribution is -0.143. The number of thiol groups is 2. The van der Waals surface area contributed by atoms with Gasteiger partial charge in [0.1, 0.15) is 23.9 Å². The van der Waals surface area contributed by atoms with Crippen LogP contribution in [0, 0.1) is 0 Å². The Morgan fingerprint density at radius 3 is 1.85 bits per heavy atom. The van der Waals surface area contributed by atoms with E-state index in [-0.39, 0.29) is 30.1 Å². The molecular formula is C20H28N4O8S2. The van der Waals surface area contributed by atoms with Crippen molar-refractivity contribution in [3.8, 4) is 5.75 Å². The number of carboxylic acid groups (broad SMARTS) is 2. The number of aliphatic carboxylic acids is 2. The fourth-order valence-electron chi connectivity index (χ4n) is 2.70. The average Bonchev–Trinajstić information content (AvgIpc) is 2.79. The normalized spacial score (nSPS) is 14.2. The topological polar surface area (TPSA) is 208 Å². The summed E-state index contributed by atoms with van der Waals surface area (Å²) < 4.78 is 0. The lowest BCUT2D eigenvalue weighted by Crippen LogP contribution is -2.58. The number of phenolic OH excluding ortho intramolecular Hbond substituents is 1. The van der Waals surface area contributed by atoms with Gasteiger partial charge in [0.15, 0.2) is 0 Å². The van der Waals surface area contributed by atoms with Crippen molar-refractivity contribution in [3.05, 3.63) is 29.8 Å². The molecule has 188 valence electrons. The Labute approximate surface area is 206 Å². The Bertz CT molecular complexity index is 884. The molecule has 0 fully saturated rings. The molecule has 4 unspecified atom stereocenters. The van der Waals surface area contributed by atoms with Crippen molar-refractivity contribution < 1.29 is 39.3 Å². The van der Waals surface area contributed by atoms with Crippen LogP contribution in [0.1, 0.15) is 18.4 Å². The number of nitrogens with two attached hydrogens (primary N) is 1. The van der Waals surface area contributed by atoms with Crippen LogP contribution >= 0.6 is 25.3 Å². The molecule has 0 heterocycles. The number of aromatic hydroxyl groups is 1. The van der Waals surface area contributed by atoms with Gasteiger partial charge in [0, 0.05) is 24.3 Å². The number of hydrogen-bond acceptors (Lipinski definition) is 9. The van der Waals surface area contributed by atoms with Gasteiger partial charge >= 0.3 is 11.9 Å². The van der Waals surface area contributed by atoms with Crippen LogP contribution in [0.5, 0.6) is 5.75 Å². The van der Waals surface area contributed by atoms with Gasteiger partial charge in [0.2, 0.25) is 17.7 Å². The summed E-state index contributed by atoms with van der Waals surface area (Å²) in [5, 5.41) is 34.8. The summed E-state index contributed by atoms with van der Waals surface area (Å²) in [4.78, 5) is 60.0. The van der Waals surface area contributed by atoms with E-state index in [1.165, 1.54) is 24.3 Å². The molecule has 0 aliphatic carbocycles. The first-order valence-electron chi connectivity index (χ1n) is 10.1. The number of nitrogens with one attached hydrogen (secondary N) is 3. The molecule has 14 heteroatoms. The summed E-state index contributed by atoms with van der Waals surface area (Å²) in [7, 11) is 0. The molecule has 0 bridgehead atoms. The molecule has 1 aromatic carbocycles. The highest BCUT2D eigenvalue weighted by atomic mass is 32.1. The van der Waals surface area contributed by atoms with Gasteiger partial charge in [-0.25, -0.2) is 4.79 Å². The van der Waals surface area contributed by atoms with Crippen LogP contribution in [0.2, 0.25) is 0 Å². The van der Waals surface area contributed by atoms with Crippen molar-refractivity contribution in [3.63, 3.8) is 0 Å². The number of carbonyl (C=O) groups is 5. The number of rotatable bonds is 14. The van der Waals surface area contributed by atoms with Crippen LogP contribution in [0.3, 0.4) is 0 Å². The predicted molar refractivity (Wildman–Crippen MR) is 128 cm³/mol. The largest absolute Gasteiger partial charge is 0.508 e. The molecule has 3 amide bonds. The number of amides is 3. The van der Waals surface area contributed by atoms with E-state index in [0.29, 0.717) is 5.56 Å². The first kappa shape index (κ1) is 29.1. The van der Waals surface area contributed by atoms with Crippen LogP contribution in [-0.2, 0) is 30.4 Å². The second-order valence-electron chi connectivity index (χ2n) is 7.30. The summed E-state index contributed by atoms with van der Waals surface area (Å²) >= 11 is 7.91. The monoisotopic (exact) mass is 516 g/mol. The molecule has 4 atom stereocenters. The van der Waals surface area contributed by atoms with E-state index in [9.17, 15) is 34.2 Å². The van der Waals surface area contributed by atoms with Crippen molar-refractivity contribution >= 4 is 54.9 Å². The summed E-state index contributed by atoms with van der Waals surface area (Å²) in [6.07, 6.45) is -0.948. The zero-order valence-corrected chi connectivity index (χ0v) is 19.8. The second kappa shape index (κ2) is 14.3. The van der Waals surface area contributed by atoms with Crippen molar-refractivity contribution in [1.82, 2.24) is 16.0 Å². The van der Waals surface area contributed by atoms with Crippen LogP contribution in [0.15, 0.2) is 24.3 Å². The Morgan fingerprint density at radius 1 is 0.824 bits per heavy atom. The highest BCUT2D eigenvalue weighted by Crippen LogP contribution is 2.12. The molecule has 0 aliphatic heterocycles. The molecule has 0 saturated heterocycles. The third-order valence-electron chi connectivity index (χ3n) is 4.62. The molecule has 1 aromatic rings. The maximum absolute atomic E-state index is 12.8. The lowest BCUT2D eigenvalue weighted by Gasteiger charge is -2.24. The summed E-state index contributed by atoms with van der Waals surface area (Å²) in [6.45, 7) is 0. The van der Waals surface area contributed by atoms with E-state index in [0.717, 1.165) is 0 Å². The Balaban J connectivity index is 2.95. The first-order valence-corrected chi connectivity index (χ1v) is 11.4. The highest BCUT2D eigenvalue weighted by Gasteiger charge is 2.30. The highest BCUT2D eigenvalue weighted by molar-refractivity contribution is 7.80. The SMILES string of the molecule is NC(CS)C(=O)NC(CS)C(=O)NC(CCC(=O)O)C(=O)NC(Cc1ccc(O)cc1)C(=O)O. The van der Waals surface area contributed by atoms with E-state index < -0.39 is 60.2 Å². The molecule has 0 aliphatic rings. The number of benzene rings is 1. The van der Waals surface area contributed by atoms with Gasteiger partial charge in [-0.3, -0.25) is 19.2 Å². The van der Waals surface area contributed by atoms with E-state index in [1.807, 2.05) is 0 Å². The van der Waals surface area contributed by atoms with Crippen LogP contribution < -0.4 is 21.7 Å². The predicted octanol–water partition coefficient (Wildman–Crippen LogP) is -1.47.